The van der Waals surface area contributed by atoms with Crippen molar-refractivity contribution in [2.75, 3.05) is 5.32 Å². The van der Waals surface area contributed by atoms with Crippen molar-refractivity contribution in [2.45, 2.75) is 32.1 Å². The second-order valence-corrected chi connectivity index (χ2v) is 10.0. The Labute approximate surface area is 218 Å². The minimum atomic E-state index is -0.271. The number of rotatable bonds is 8. The predicted octanol–water partition coefficient (Wildman–Crippen LogP) is 5.97. The Hall–Kier alpha value is -4.30. The average Bonchev–Trinajstić information content (AvgIpc) is 3.58. The quantitative estimate of drug-likeness (QED) is 0.270. The van der Waals surface area contributed by atoms with Gasteiger partial charge >= 0.3 is 0 Å². The number of amides is 1. The van der Waals surface area contributed by atoms with E-state index >= 15 is 0 Å². The van der Waals surface area contributed by atoms with E-state index in [1.165, 1.54) is 10.7 Å². The number of hydrogen-bond acceptors (Lipinski definition) is 5. The normalized spacial score (nSPS) is 11.2. The van der Waals surface area contributed by atoms with Crippen LogP contribution >= 0.6 is 11.3 Å². The van der Waals surface area contributed by atoms with Gasteiger partial charge in [0.2, 0.25) is 11.9 Å². The highest BCUT2D eigenvalue weighted by molar-refractivity contribution is 7.13. The Kier molecular flexibility index (Phi) is 7.09. The summed E-state index contributed by atoms with van der Waals surface area (Å²) in [5.41, 5.74) is 3.19. The summed E-state index contributed by atoms with van der Waals surface area (Å²) in [5.74, 6) is 0.481. The van der Waals surface area contributed by atoms with Crippen LogP contribution in [0.4, 0.5) is 5.82 Å². The SMILES string of the molecule is CC(C)c1cc(=O)[nH]c(-n2nc(-c3cccs3)cc2NC(=O)CC(c2ccccc2)c2ccccc2)n1. The van der Waals surface area contributed by atoms with E-state index in [-0.39, 0.29) is 35.7 Å². The lowest BCUT2D eigenvalue weighted by atomic mass is 9.88. The number of thiophene rings is 1. The molecule has 5 rings (SSSR count). The van der Waals surface area contributed by atoms with Crippen molar-refractivity contribution >= 4 is 23.1 Å². The molecule has 0 aliphatic carbocycles. The Bertz CT molecular complexity index is 1500. The molecule has 1 amide bonds. The lowest BCUT2D eigenvalue weighted by molar-refractivity contribution is -0.116. The molecular formula is C29H27N5O2S. The molecule has 0 saturated carbocycles. The summed E-state index contributed by atoms with van der Waals surface area (Å²) < 4.78 is 1.50. The number of carbonyl (C=O) groups excluding carboxylic acids is 1. The van der Waals surface area contributed by atoms with Gasteiger partial charge in [-0.1, -0.05) is 80.6 Å². The lowest BCUT2D eigenvalue weighted by Crippen LogP contribution is -2.21. The molecule has 2 aromatic carbocycles. The molecule has 7 nitrogen and oxygen atoms in total. The summed E-state index contributed by atoms with van der Waals surface area (Å²) in [6, 6.07) is 27.2. The zero-order valence-electron chi connectivity index (χ0n) is 20.6. The van der Waals surface area contributed by atoms with E-state index in [1.54, 1.807) is 11.3 Å². The summed E-state index contributed by atoms with van der Waals surface area (Å²) >= 11 is 1.55. The van der Waals surface area contributed by atoms with Crippen LogP contribution in [-0.2, 0) is 4.79 Å². The van der Waals surface area contributed by atoms with Crippen LogP contribution in [0.1, 0.15) is 48.9 Å². The van der Waals surface area contributed by atoms with E-state index in [0.717, 1.165) is 16.0 Å². The van der Waals surface area contributed by atoms with E-state index in [4.69, 9.17) is 5.10 Å². The van der Waals surface area contributed by atoms with Crippen molar-refractivity contribution in [1.29, 1.82) is 0 Å². The van der Waals surface area contributed by atoms with Gasteiger partial charge in [0, 0.05) is 24.5 Å². The van der Waals surface area contributed by atoms with Crippen molar-refractivity contribution in [1.82, 2.24) is 19.7 Å². The number of carbonyl (C=O) groups is 1. The van der Waals surface area contributed by atoms with Crippen LogP contribution in [0.15, 0.2) is 95.1 Å². The number of anilines is 1. The van der Waals surface area contributed by atoms with Gasteiger partial charge in [-0.3, -0.25) is 14.6 Å². The molecule has 186 valence electrons. The summed E-state index contributed by atoms with van der Waals surface area (Å²) in [6.07, 6.45) is 0.240. The maximum absolute atomic E-state index is 13.4. The molecule has 0 aliphatic rings. The minimum absolute atomic E-state index is 0.0592. The number of H-pyrrole nitrogens is 1. The molecule has 0 fully saturated rings. The van der Waals surface area contributed by atoms with E-state index in [1.807, 2.05) is 98.1 Å². The van der Waals surface area contributed by atoms with Gasteiger partial charge in [0.05, 0.1) is 10.6 Å². The van der Waals surface area contributed by atoms with Gasteiger partial charge in [-0.2, -0.15) is 9.78 Å². The molecule has 37 heavy (non-hydrogen) atoms. The fraction of sp³-hybridized carbons (Fsp3) is 0.172. The zero-order chi connectivity index (χ0) is 25.8. The van der Waals surface area contributed by atoms with Crippen molar-refractivity contribution in [3.8, 4) is 16.5 Å². The molecule has 2 N–H and O–H groups in total. The highest BCUT2D eigenvalue weighted by atomic mass is 32.1. The summed E-state index contributed by atoms with van der Waals surface area (Å²) in [7, 11) is 0. The van der Waals surface area contributed by atoms with Crippen LogP contribution in [0.3, 0.4) is 0 Å². The number of aromatic amines is 1. The van der Waals surface area contributed by atoms with Crippen LogP contribution in [0.5, 0.6) is 0 Å². The molecule has 0 radical (unpaired) electrons. The molecule has 3 heterocycles. The lowest BCUT2D eigenvalue weighted by Gasteiger charge is -2.18. The second-order valence-electron chi connectivity index (χ2n) is 9.08. The smallest absolute Gasteiger partial charge is 0.252 e. The van der Waals surface area contributed by atoms with Gasteiger partial charge in [-0.05, 0) is 28.5 Å². The van der Waals surface area contributed by atoms with Crippen molar-refractivity contribution in [2.24, 2.45) is 0 Å². The van der Waals surface area contributed by atoms with E-state index < -0.39 is 0 Å². The summed E-state index contributed by atoms with van der Waals surface area (Å²) in [5, 5.41) is 9.70. The third-order valence-electron chi connectivity index (χ3n) is 6.09. The Morgan fingerprint density at radius 2 is 1.65 bits per heavy atom. The first-order valence-electron chi connectivity index (χ1n) is 12.1. The zero-order valence-corrected chi connectivity index (χ0v) is 21.4. The average molecular weight is 510 g/mol. The van der Waals surface area contributed by atoms with Crippen LogP contribution in [-0.4, -0.2) is 25.7 Å². The van der Waals surface area contributed by atoms with Crippen molar-refractivity contribution in [3.05, 3.63) is 117 Å². The van der Waals surface area contributed by atoms with Gasteiger partial charge in [0.15, 0.2) is 0 Å². The van der Waals surface area contributed by atoms with Gasteiger partial charge in [0.25, 0.3) is 5.56 Å². The molecule has 8 heteroatoms. The number of benzene rings is 2. The number of nitrogens with zero attached hydrogens (tertiary/aromatic N) is 3. The molecule has 5 aromatic rings. The Balaban J connectivity index is 1.50. The van der Waals surface area contributed by atoms with Gasteiger partial charge in [-0.15, -0.1) is 11.3 Å². The largest absolute Gasteiger partial charge is 0.310 e. The van der Waals surface area contributed by atoms with Gasteiger partial charge in [-0.25, -0.2) is 4.98 Å². The topological polar surface area (TPSA) is 92.7 Å². The van der Waals surface area contributed by atoms with Crippen molar-refractivity contribution < 1.29 is 4.79 Å². The molecule has 0 atom stereocenters. The van der Waals surface area contributed by atoms with E-state index in [9.17, 15) is 9.59 Å². The number of nitrogens with one attached hydrogen (secondary N) is 2. The molecular weight excluding hydrogens is 482 g/mol. The summed E-state index contributed by atoms with van der Waals surface area (Å²) in [4.78, 5) is 34.2. The molecule has 3 aromatic heterocycles. The minimum Gasteiger partial charge on any atom is -0.310 e. The molecule has 0 unspecified atom stereocenters. The highest BCUT2D eigenvalue weighted by Crippen LogP contribution is 2.30. The molecule has 0 spiro atoms. The Morgan fingerprint density at radius 3 is 2.24 bits per heavy atom. The van der Waals surface area contributed by atoms with Crippen LogP contribution in [0.2, 0.25) is 0 Å². The number of aromatic nitrogens is 4. The highest BCUT2D eigenvalue weighted by Gasteiger charge is 2.21. The fourth-order valence-corrected chi connectivity index (χ4v) is 4.89. The molecule has 0 saturated heterocycles. The third kappa shape index (κ3) is 5.59. The predicted molar refractivity (Wildman–Crippen MR) is 147 cm³/mol. The van der Waals surface area contributed by atoms with Crippen LogP contribution in [0.25, 0.3) is 16.5 Å². The van der Waals surface area contributed by atoms with Crippen LogP contribution in [0, 0.1) is 0 Å². The summed E-state index contributed by atoms with van der Waals surface area (Å²) in [6.45, 7) is 3.95. The van der Waals surface area contributed by atoms with Crippen molar-refractivity contribution in [3.63, 3.8) is 0 Å². The van der Waals surface area contributed by atoms with E-state index in [0.29, 0.717) is 17.2 Å². The van der Waals surface area contributed by atoms with Crippen LogP contribution < -0.4 is 10.9 Å². The number of hydrogen-bond donors (Lipinski definition) is 2. The first-order valence-corrected chi connectivity index (χ1v) is 13.0. The molecule has 0 bridgehead atoms. The van der Waals surface area contributed by atoms with Gasteiger partial charge in [0.1, 0.15) is 11.5 Å². The maximum atomic E-state index is 13.4. The molecule has 0 aliphatic heterocycles. The first kappa shape index (κ1) is 24.4. The Morgan fingerprint density at radius 1 is 0.973 bits per heavy atom. The standard InChI is InChI=1S/C29H27N5O2S/c1-19(2)23-18-28(36)32-29(30-23)34-26(17-24(33-34)25-14-9-15-37-25)31-27(35)16-22(20-10-5-3-6-11-20)21-12-7-4-8-13-21/h3-15,17-19,22H,16H2,1-2H3,(H,31,35)(H,30,32,36). The maximum Gasteiger partial charge on any atom is 0.252 e. The second kappa shape index (κ2) is 10.8. The van der Waals surface area contributed by atoms with E-state index in [2.05, 4.69) is 15.3 Å². The fourth-order valence-electron chi connectivity index (χ4n) is 4.21. The monoisotopic (exact) mass is 509 g/mol. The van der Waals surface area contributed by atoms with Gasteiger partial charge < -0.3 is 5.32 Å². The first-order chi connectivity index (χ1) is 18.0. The third-order valence-corrected chi connectivity index (χ3v) is 6.98.